The maximum Gasteiger partial charge on any atom is 0.0584 e. The lowest BCUT2D eigenvalue weighted by atomic mass is 10.0. The number of aliphatic hydroxyl groups excluding tert-OH is 1. The molecular weight excluding hydrogens is 198 g/mol. The van der Waals surface area contributed by atoms with Crippen molar-refractivity contribution in [3.63, 3.8) is 0 Å². The normalized spacial score (nSPS) is 17.4. The van der Waals surface area contributed by atoms with Gasteiger partial charge in [0.2, 0.25) is 0 Å². The van der Waals surface area contributed by atoms with Gasteiger partial charge in [-0.05, 0) is 36.3 Å². The minimum Gasteiger partial charge on any atom is -0.395 e. The van der Waals surface area contributed by atoms with Crippen LogP contribution in [0.2, 0.25) is 0 Å². The molecule has 2 rings (SSSR count). The number of hydrogen-bond donors (Lipinski definition) is 2. The number of aliphatic hydroxyl groups is 1. The van der Waals surface area contributed by atoms with E-state index in [4.69, 9.17) is 5.11 Å². The molecule has 2 nitrogen and oxygen atoms in total. The third-order valence-corrected chi connectivity index (χ3v) is 3.37. The summed E-state index contributed by atoms with van der Waals surface area (Å²) in [5.41, 5.74) is 2.90. The third-order valence-electron chi connectivity index (χ3n) is 3.37. The molecule has 0 unspecified atom stereocenters. The van der Waals surface area contributed by atoms with Gasteiger partial charge in [0.05, 0.1) is 6.61 Å². The monoisotopic (exact) mass is 219 g/mol. The largest absolute Gasteiger partial charge is 0.395 e. The van der Waals surface area contributed by atoms with Crippen molar-refractivity contribution in [1.29, 1.82) is 0 Å². The fourth-order valence-electron chi connectivity index (χ4n) is 2.08. The highest BCUT2D eigenvalue weighted by Gasteiger charge is 2.25. The van der Waals surface area contributed by atoms with Crippen molar-refractivity contribution in [2.45, 2.75) is 44.7 Å². The molecule has 1 aliphatic carbocycles. The van der Waals surface area contributed by atoms with Gasteiger partial charge in [-0.2, -0.15) is 0 Å². The Balaban J connectivity index is 1.97. The van der Waals surface area contributed by atoms with E-state index in [1.807, 2.05) is 0 Å². The predicted molar refractivity (Wildman–Crippen MR) is 66.4 cm³/mol. The Kier molecular flexibility index (Phi) is 3.97. The first-order chi connectivity index (χ1) is 7.85. The van der Waals surface area contributed by atoms with Gasteiger partial charge in [-0.25, -0.2) is 0 Å². The molecular formula is C14H21NO. The molecule has 0 saturated heterocycles. The summed E-state index contributed by atoms with van der Waals surface area (Å²) in [5.74, 6) is 0.798. The quantitative estimate of drug-likeness (QED) is 0.770. The molecule has 0 aliphatic heterocycles. The molecule has 16 heavy (non-hydrogen) atoms. The van der Waals surface area contributed by atoms with E-state index in [-0.39, 0.29) is 12.6 Å². The van der Waals surface area contributed by atoms with Crippen molar-refractivity contribution in [2.24, 2.45) is 0 Å². The van der Waals surface area contributed by atoms with Gasteiger partial charge in [0.15, 0.2) is 0 Å². The van der Waals surface area contributed by atoms with Gasteiger partial charge < -0.3 is 10.4 Å². The van der Waals surface area contributed by atoms with Crippen LogP contribution in [0.15, 0.2) is 24.3 Å². The first kappa shape index (κ1) is 11.6. The molecule has 2 N–H and O–H groups in total. The lowest BCUT2D eigenvalue weighted by molar-refractivity contribution is 0.238. The molecule has 0 aromatic heterocycles. The second-order valence-corrected chi connectivity index (χ2v) is 4.64. The van der Waals surface area contributed by atoms with E-state index in [1.165, 1.54) is 24.0 Å². The van der Waals surface area contributed by atoms with Crippen molar-refractivity contribution in [1.82, 2.24) is 5.32 Å². The van der Waals surface area contributed by atoms with Crippen molar-refractivity contribution in [2.75, 3.05) is 6.61 Å². The van der Waals surface area contributed by atoms with Crippen molar-refractivity contribution in [3.05, 3.63) is 35.4 Å². The molecule has 0 heterocycles. The van der Waals surface area contributed by atoms with Gasteiger partial charge >= 0.3 is 0 Å². The molecule has 88 valence electrons. The molecule has 1 atom stereocenters. The summed E-state index contributed by atoms with van der Waals surface area (Å²) in [7, 11) is 0. The first-order valence-corrected chi connectivity index (χ1v) is 6.27. The topological polar surface area (TPSA) is 32.3 Å². The number of nitrogens with one attached hydrogen (secondary N) is 1. The van der Waals surface area contributed by atoms with Crippen molar-refractivity contribution >= 4 is 0 Å². The van der Waals surface area contributed by atoms with Gasteiger partial charge in [0.1, 0.15) is 0 Å². The van der Waals surface area contributed by atoms with Crippen molar-refractivity contribution < 1.29 is 5.11 Å². The summed E-state index contributed by atoms with van der Waals surface area (Å²) >= 11 is 0. The van der Waals surface area contributed by atoms with Crippen LogP contribution in [-0.2, 0) is 6.54 Å². The average Bonchev–Trinajstić information content (AvgIpc) is 3.15. The fraction of sp³-hybridized carbons (Fsp3) is 0.571. The SMILES string of the molecule is CC[C@H](CO)NCc1ccccc1C1CC1. The molecule has 1 fully saturated rings. The van der Waals surface area contributed by atoms with Crippen LogP contribution in [-0.4, -0.2) is 17.8 Å². The standard InChI is InChI=1S/C14H21NO/c1-2-13(10-16)15-9-12-5-3-4-6-14(12)11-7-8-11/h3-6,11,13,15-16H,2,7-10H2,1H3/t13-/m1/s1. The molecule has 1 aromatic rings. The van der Waals surface area contributed by atoms with Crippen LogP contribution in [0.3, 0.4) is 0 Å². The summed E-state index contributed by atoms with van der Waals surface area (Å²) in [4.78, 5) is 0. The Morgan fingerprint density at radius 2 is 2.12 bits per heavy atom. The molecule has 2 heteroatoms. The van der Waals surface area contributed by atoms with Crippen LogP contribution in [0.5, 0.6) is 0 Å². The molecule has 0 radical (unpaired) electrons. The van der Waals surface area contributed by atoms with Gasteiger partial charge in [-0.1, -0.05) is 31.2 Å². The number of hydrogen-bond acceptors (Lipinski definition) is 2. The van der Waals surface area contributed by atoms with Crippen molar-refractivity contribution in [3.8, 4) is 0 Å². The maximum absolute atomic E-state index is 9.13. The molecule has 1 aliphatic rings. The Hall–Kier alpha value is -0.860. The number of benzene rings is 1. The lowest BCUT2D eigenvalue weighted by Crippen LogP contribution is -2.31. The second-order valence-electron chi connectivity index (χ2n) is 4.64. The summed E-state index contributed by atoms with van der Waals surface area (Å²) in [6.45, 7) is 3.20. The van der Waals surface area contributed by atoms with E-state index in [9.17, 15) is 0 Å². The van der Waals surface area contributed by atoms with Crippen LogP contribution in [0.4, 0.5) is 0 Å². The zero-order valence-corrected chi connectivity index (χ0v) is 9.95. The smallest absolute Gasteiger partial charge is 0.0584 e. The van der Waals surface area contributed by atoms with Crippen LogP contribution >= 0.6 is 0 Å². The lowest BCUT2D eigenvalue weighted by Gasteiger charge is -2.15. The second kappa shape index (κ2) is 5.46. The number of rotatable bonds is 6. The zero-order chi connectivity index (χ0) is 11.4. The van der Waals surface area contributed by atoms with E-state index >= 15 is 0 Å². The van der Waals surface area contributed by atoms with Gasteiger partial charge in [-0.15, -0.1) is 0 Å². The Morgan fingerprint density at radius 3 is 2.75 bits per heavy atom. The van der Waals surface area contributed by atoms with E-state index in [0.717, 1.165) is 18.9 Å². The van der Waals surface area contributed by atoms with Gasteiger partial charge in [0, 0.05) is 12.6 Å². The minimum absolute atomic E-state index is 0.224. The highest BCUT2D eigenvalue weighted by molar-refractivity contribution is 5.33. The van der Waals surface area contributed by atoms with E-state index in [0.29, 0.717) is 0 Å². The van der Waals surface area contributed by atoms with Crippen LogP contribution in [0.25, 0.3) is 0 Å². The molecule has 0 spiro atoms. The first-order valence-electron chi connectivity index (χ1n) is 6.27. The molecule has 0 bridgehead atoms. The molecule has 1 aromatic carbocycles. The maximum atomic E-state index is 9.13. The highest BCUT2D eigenvalue weighted by atomic mass is 16.3. The highest BCUT2D eigenvalue weighted by Crippen LogP contribution is 2.41. The Bertz CT molecular complexity index is 329. The zero-order valence-electron chi connectivity index (χ0n) is 9.95. The minimum atomic E-state index is 0.224. The van der Waals surface area contributed by atoms with Gasteiger partial charge in [-0.3, -0.25) is 0 Å². The van der Waals surface area contributed by atoms with Crippen LogP contribution < -0.4 is 5.32 Å². The average molecular weight is 219 g/mol. The molecule has 1 saturated carbocycles. The van der Waals surface area contributed by atoms with Crippen LogP contribution in [0.1, 0.15) is 43.2 Å². The summed E-state index contributed by atoms with van der Waals surface area (Å²) in [6.07, 6.45) is 3.66. The van der Waals surface area contributed by atoms with Crippen LogP contribution in [0, 0.1) is 0 Å². The third kappa shape index (κ3) is 2.83. The van der Waals surface area contributed by atoms with Gasteiger partial charge in [0.25, 0.3) is 0 Å². The molecule has 0 amide bonds. The summed E-state index contributed by atoms with van der Waals surface area (Å²) in [6, 6.07) is 8.90. The van der Waals surface area contributed by atoms with E-state index < -0.39 is 0 Å². The fourth-order valence-corrected chi connectivity index (χ4v) is 2.08. The Labute approximate surface area is 97.7 Å². The Morgan fingerprint density at radius 1 is 1.38 bits per heavy atom. The summed E-state index contributed by atoms with van der Waals surface area (Å²) < 4.78 is 0. The summed E-state index contributed by atoms with van der Waals surface area (Å²) in [5, 5.41) is 12.5. The van der Waals surface area contributed by atoms with E-state index in [2.05, 4.69) is 36.5 Å². The van der Waals surface area contributed by atoms with E-state index in [1.54, 1.807) is 0 Å². The predicted octanol–water partition coefficient (Wildman–Crippen LogP) is 2.42.